The lowest BCUT2D eigenvalue weighted by Crippen LogP contribution is -2.07. The molecule has 0 aliphatic carbocycles. The van der Waals surface area contributed by atoms with Crippen molar-refractivity contribution in [3.05, 3.63) is 127 Å². The Hall–Kier alpha value is -4.74. The molecule has 0 radical (unpaired) electrons. The van der Waals surface area contributed by atoms with Crippen molar-refractivity contribution in [1.29, 1.82) is 0 Å². The highest BCUT2D eigenvalue weighted by molar-refractivity contribution is 6.33. The SMILES string of the molecule is [SiH3]c1cc(-c2nc3ccccc3n2-c2ccccc2)cc(-c2nc3ccccc3n2-c2ccccc2)c1. The van der Waals surface area contributed by atoms with Gasteiger partial charge in [-0.3, -0.25) is 9.13 Å². The van der Waals surface area contributed by atoms with Crippen LogP contribution in [0.25, 0.3) is 56.2 Å². The molecule has 0 bridgehead atoms. The maximum atomic E-state index is 5.11. The molecule has 7 aromatic rings. The second-order valence-corrected chi connectivity index (χ2v) is 10.4. The fourth-order valence-corrected chi connectivity index (χ4v) is 5.78. The number of rotatable bonds is 4. The average molecular weight is 493 g/mol. The minimum atomic E-state index is 0.918. The molecular formula is C32H24N4Si. The predicted molar refractivity (Wildman–Crippen MR) is 156 cm³/mol. The molecule has 0 unspecified atom stereocenters. The molecule has 0 aliphatic rings. The van der Waals surface area contributed by atoms with Crippen LogP contribution in [0, 0.1) is 0 Å². The third-order valence-electron chi connectivity index (χ3n) is 6.74. The summed E-state index contributed by atoms with van der Waals surface area (Å²) in [6.07, 6.45) is 0. The number of para-hydroxylation sites is 6. The lowest BCUT2D eigenvalue weighted by atomic mass is 10.1. The summed E-state index contributed by atoms with van der Waals surface area (Å²) in [5.74, 6) is 1.88. The first-order chi connectivity index (χ1) is 18.3. The molecule has 0 N–H and O–H groups in total. The lowest BCUT2D eigenvalue weighted by Gasteiger charge is -2.13. The van der Waals surface area contributed by atoms with Crippen LogP contribution < -0.4 is 5.19 Å². The van der Waals surface area contributed by atoms with Crippen molar-refractivity contribution in [2.45, 2.75) is 0 Å². The normalized spacial score (nSPS) is 11.5. The van der Waals surface area contributed by atoms with Gasteiger partial charge in [0.15, 0.2) is 0 Å². The third-order valence-corrected chi connectivity index (χ3v) is 7.32. The van der Waals surface area contributed by atoms with Gasteiger partial charge in [-0.05, 0) is 54.6 Å². The summed E-state index contributed by atoms with van der Waals surface area (Å²) in [6, 6.07) is 44.4. The van der Waals surface area contributed by atoms with E-state index in [0.717, 1.165) is 66.5 Å². The number of benzene rings is 5. The first-order valence-electron chi connectivity index (χ1n) is 12.4. The molecule has 2 aromatic heterocycles. The van der Waals surface area contributed by atoms with Crippen LogP contribution in [-0.2, 0) is 0 Å². The van der Waals surface area contributed by atoms with Gasteiger partial charge in [0, 0.05) is 32.7 Å². The van der Waals surface area contributed by atoms with E-state index in [1.165, 1.54) is 5.19 Å². The Balaban J connectivity index is 1.49. The van der Waals surface area contributed by atoms with E-state index in [0.29, 0.717) is 0 Å². The summed E-state index contributed by atoms with van der Waals surface area (Å²) >= 11 is 0. The fourth-order valence-electron chi connectivity index (χ4n) is 5.16. The Labute approximate surface area is 217 Å². The number of fused-ring (bicyclic) bond motifs is 2. The molecular weight excluding hydrogens is 468 g/mol. The molecule has 7 rings (SSSR count). The molecule has 0 fully saturated rings. The zero-order valence-corrected chi connectivity index (χ0v) is 22.4. The first-order valence-corrected chi connectivity index (χ1v) is 13.4. The third kappa shape index (κ3) is 3.68. The molecule has 2 heterocycles. The van der Waals surface area contributed by atoms with Crippen LogP contribution in [0.2, 0.25) is 0 Å². The van der Waals surface area contributed by atoms with Crippen LogP contribution >= 0.6 is 0 Å². The van der Waals surface area contributed by atoms with Crippen molar-refractivity contribution < 1.29 is 0 Å². The Morgan fingerprint density at radius 1 is 0.459 bits per heavy atom. The van der Waals surface area contributed by atoms with Crippen molar-refractivity contribution >= 4 is 37.5 Å². The molecule has 0 spiro atoms. The number of aromatic nitrogens is 4. The van der Waals surface area contributed by atoms with E-state index >= 15 is 0 Å². The highest BCUT2D eigenvalue weighted by Crippen LogP contribution is 2.33. The zero-order chi connectivity index (χ0) is 24.8. The minimum Gasteiger partial charge on any atom is -0.292 e. The minimum absolute atomic E-state index is 0.918. The van der Waals surface area contributed by atoms with Gasteiger partial charge in [-0.15, -0.1) is 0 Å². The topological polar surface area (TPSA) is 35.6 Å². The van der Waals surface area contributed by atoms with Crippen LogP contribution in [0.3, 0.4) is 0 Å². The molecule has 0 aliphatic heterocycles. The van der Waals surface area contributed by atoms with Crippen molar-refractivity contribution in [2.24, 2.45) is 0 Å². The van der Waals surface area contributed by atoms with Gasteiger partial charge in [0.25, 0.3) is 0 Å². The van der Waals surface area contributed by atoms with Crippen LogP contribution in [0.5, 0.6) is 0 Å². The average Bonchev–Trinajstić information content (AvgIpc) is 3.53. The Bertz CT molecular complexity index is 1750. The van der Waals surface area contributed by atoms with Crippen LogP contribution in [0.15, 0.2) is 127 Å². The lowest BCUT2D eigenvalue weighted by molar-refractivity contribution is 1.09. The van der Waals surface area contributed by atoms with Crippen LogP contribution in [0.1, 0.15) is 0 Å². The fraction of sp³-hybridized carbons (Fsp3) is 0. The Morgan fingerprint density at radius 3 is 1.32 bits per heavy atom. The smallest absolute Gasteiger partial charge is 0.145 e. The van der Waals surface area contributed by atoms with E-state index in [1.54, 1.807) is 0 Å². The molecule has 0 atom stereocenters. The maximum absolute atomic E-state index is 5.11. The second-order valence-electron chi connectivity index (χ2n) is 9.28. The Morgan fingerprint density at radius 2 is 0.865 bits per heavy atom. The predicted octanol–water partition coefficient (Wildman–Crippen LogP) is 5.69. The standard InChI is InChI=1S/C32H24N4Si/c37-26-20-22(31-33-27-15-7-9-17-29(27)35(31)24-11-3-1-4-12-24)19-23(21-26)32-34-28-16-8-10-18-30(28)36(32)25-13-5-2-6-14-25/h1-21H,37H3. The van der Waals surface area contributed by atoms with E-state index in [2.05, 4.69) is 112 Å². The van der Waals surface area contributed by atoms with Gasteiger partial charge < -0.3 is 0 Å². The summed E-state index contributed by atoms with van der Waals surface area (Å²) in [7, 11) is 0.918. The molecule has 176 valence electrons. The van der Waals surface area contributed by atoms with Crippen molar-refractivity contribution in [2.75, 3.05) is 0 Å². The molecule has 0 saturated carbocycles. The molecule has 5 aromatic carbocycles. The first kappa shape index (κ1) is 21.5. The van der Waals surface area contributed by atoms with Crippen molar-refractivity contribution in [1.82, 2.24) is 19.1 Å². The van der Waals surface area contributed by atoms with Gasteiger partial charge >= 0.3 is 0 Å². The van der Waals surface area contributed by atoms with E-state index < -0.39 is 0 Å². The number of hydrogen-bond acceptors (Lipinski definition) is 2. The van der Waals surface area contributed by atoms with Crippen molar-refractivity contribution in [3.63, 3.8) is 0 Å². The largest absolute Gasteiger partial charge is 0.292 e. The number of nitrogens with zero attached hydrogens (tertiary/aromatic N) is 4. The van der Waals surface area contributed by atoms with Gasteiger partial charge in [0.1, 0.15) is 11.6 Å². The molecule has 0 amide bonds. The maximum Gasteiger partial charge on any atom is 0.145 e. The molecule has 4 nitrogen and oxygen atoms in total. The summed E-state index contributed by atoms with van der Waals surface area (Å²) in [5, 5.41) is 1.30. The molecule has 5 heteroatoms. The van der Waals surface area contributed by atoms with E-state index in [9.17, 15) is 0 Å². The summed E-state index contributed by atoms with van der Waals surface area (Å²) in [5.41, 5.74) is 8.55. The molecule has 37 heavy (non-hydrogen) atoms. The van der Waals surface area contributed by atoms with E-state index in [1.807, 2.05) is 24.3 Å². The van der Waals surface area contributed by atoms with E-state index in [-0.39, 0.29) is 0 Å². The second kappa shape index (κ2) is 8.73. The van der Waals surface area contributed by atoms with Gasteiger partial charge in [-0.25, -0.2) is 9.97 Å². The van der Waals surface area contributed by atoms with Crippen LogP contribution in [-0.4, -0.2) is 29.3 Å². The van der Waals surface area contributed by atoms with Crippen LogP contribution in [0.4, 0.5) is 0 Å². The zero-order valence-electron chi connectivity index (χ0n) is 20.4. The van der Waals surface area contributed by atoms with Gasteiger partial charge in [-0.2, -0.15) is 0 Å². The molecule has 0 saturated heterocycles. The monoisotopic (exact) mass is 492 g/mol. The quantitative estimate of drug-likeness (QED) is 0.296. The van der Waals surface area contributed by atoms with Gasteiger partial charge in [-0.1, -0.05) is 78.0 Å². The van der Waals surface area contributed by atoms with Gasteiger partial charge in [0.2, 0.25) is 0 Å². The summed E-state index contributed by atoms with van der Waals surface area (Å²) in [6.45, 7) is 0. The highest BCUT2D eigenvalue weighted by Gasteiger charge is 2.18. The van der Waals surface area contributed by atoms with E-state index in [4.69, 9.17) is 9.97 Å². The highest BCUT2D eigenvalue weighted by atomic mass is 28.1. The van der Waals surface area contributed by atoms with Crippen molar-refractivity contribution in [3.8, 4) is 34.2 Å². The summed E-state index contributed by atoms with van der Waals surface area (Å²) in [4.78, 5) is 10.2. The summed E-state index contributed by atoms with van der Waals surface area (Å²) < 4.78 is 4.52. The number of hydrogen-bond donors (Lipinski definition) is 0. The van der Waals surface area contributed by atoms with Gasteiger partial charge in [0.05, 0.1) is 22.1 Å². The Kier molecular flexibility index (Phi) is 5.08. The number of imidazole rings is 2.